The second kappa shape index (κ2) is 8.45. The molecule has 1 aromatic heterocycles. The first-order valence-corrected chi connectivity index (χ1v) is 10.4. The van der Waals surface area contributed by atoms with Crippen LogP contribution in [-0.4, -0.2) is 28.8 Å². The van der Waals surface area contributed by atoms with Gasteiger partial charge in [-0.05, 0) is 24.6 Å². The highest BCUT2D eigenvalue weighted by Gasteiger charge is 2.38. The highest BCUT2D eigenvalue weighted by Crippen LogP contribution is 2.36. The van der Waals surface area contributed by atoms with Gasteiger partial charge in [0.05, 0.1) is 11.4 Å². The number of thioether (sulfide) groups is 1. The van der Waals surface area contributed by atoms with Crippen molar-refractivity contribution in [2.24, 2.45) is 5.10 Å². The summed E-state index contributed by atoms with van der Waals surface area (Å²) < 4.78 is 53.5. The Morgan fingerprint density at radius 1 is 1.34 bits per heavy atom. The van der Waals surface area contributed by atoms with E-state index >= 15 is 0 Å². The Labute approximate surface area is 176 Å². The number of fused-ring (bicyclic) bond motifs is 1. The fraction of sp³-hybridized carbons (Fsp3) is 0.278. The van der Waals surface area contributed by atoms with Gasteiger partial charge in [-0.25, -0.2) is 9.82 Å². The number of nitrogens with zero attached hydrogens (tertiary/aromatic N) is 1. The van der Waals surface area contributed by atoms with Gasteiger partial charge in [0.15, 0.2) is 5.78 Å². The molecule has 0 saturated carbocycles. The van der Waals surface area contributed by atoms with E-state index in [1.807, 2.05) is 12.3 Å². The fourth-order valence-corrected chi connectivity index (χ4v) is 5.02. The van der Waals surface area contributed by atoms with Crippen LogP contribution in [0.5, 0.6) is 0 Å². The van der Waals surface area contributed by atoms with E-state index in [0.717, 1.165) is 17.4 Å². The van der Waals surface area contributed by atoms with E-state index in [1.54, 1.807) is 6.08 Å². The molecule has 1 aromatic carbocycles. The van der Waals surface area contributed by atoms with Crippen molar-refractivity contribution in [2.75, 3.05) is 0 Å². The van der Waals surface area contributed by atoms with Crippen LogP contribution in [0.4, 0.5) is 17.6 Å². The monoisotopic (exact) mass is 464 g/mol. The highest BCUT2D eigenvalue weighted by molar-refractivity contribution is 8.04. The largest absolute Gasteiger partial charge is 0.431 e. The molecule has 2 aromatic rings. The topological polar surface area (TPSA) is 58.5 Å². The second-order valence-corrected chi connectivity index (χ2v) is 9.13. The number of hydrogen-bond acceptors (Lipinski definition) is 5. The number of rotatable bonds is 5. The van der Waals surface area contributed by atoms with Gasteiger partial charge in [-0.15, -0.1) is 23.1 Å². The van der Waals surface area contributed by atoms with Crippen molar-refractivity contribution in [3.63, 3.8) is 0 Å². The first kappa shape index (κ1) is 21.8. The molecule has 0 spiro atoms. The minimum atomic E-state index is -4.90. The van der Waals surface area contributed by atoms with Gasteiger partial charge in [0.2, 0.25) is 0 Å². The fourth-order valence-electron chi connectivity index (χ4n) is 2.56. The molecule has 1 amide bonds. The van der Waals surface area contributed by atoms with Crippen LogP contribution in [-0.2, 0) is 4.79 Å². The first-order chi connectivity index (χ1) is 13.6. The molecular weight excluding hydrogens is 452 g/mol. The standard InChI is InChI=1S/C18H13ClF4N2O2S2/c1-8-2-5-12(28-8)11(26)7-14(18(21,22)23)24-25-17(27)16-15(19)10-4-3-9(20)6-13(10)29-16/h3-6,8H,2,7H2,1H3,(H,25,27)/b24-14-. The molecule has 1 aliphatic heterocycles. The van der Waals surface area contributed by atoms with Gasteiger partial charge in [-0.3, -0.25) is 9.59 Å². The van der Waals surface area contributed by atoms with Crippen LogP contribution < -0.4 is 5.43 Å². The molecule has 1 N–H and O–H groups in total. The maximum atomic E-state index is 13.3. The lowest BCUT2D eigenvalue weighted by atomic mass is 10.1. The van der Waals surface area contributed by atoms with Gasteiger partial charge in [-0.2, -0.15) is 18.3 Å². The van der Waals surface area contributed by atoms with Gasteiger partial charge in [-0.1, -0.05) is 24.6 Å². The summed E-state index contributed by atoms with van der Waals surface area (Å²) in [5.74, 6) is -2.22. The molecule has 29 heavy (non-hydrogen) atoms. The summed E-state index contributed by atoms with van der Waals surface area (Å²) in [6.07, 6.45) is -3.68. The molecule has 0 bridgehead atoms. The summed E-state index contributed by atoms with van der Waals surface area (Å²) in [4.78, 5) is 24.6. The lowest BCUT2D eigenvalue weighted by Crippen LogP contribution is -2.30. The van der Waals surface area contributed by atoms with Crippen LogP contribution in [0.2, 0.25) is 5.02 Å². The number of thiophene rings is 1. The maximum absolute atomic E-state index is 13.3. The van der Waals surface area contributed by atoms with Gasteiger partial charge >= 0.3 is 6.18 Å². The number of Topliss-reactive ketones (excluding diaryl/α,β-unsaturated/α-hetero) is 1. The smallest absolute Gasteiger partial charge is 0.293 e. The zero-order valence-corrected chi connectivity index (χ0v) is 17.2. The number of alkyl halides is 3. The van der Waals surface area contributed by atoms with E-state index in [0.29, 0.717) is 16.5 Å². The Morgan fingerprint density at radius 3 is 2.69 bits per heavy atom. The van der Waals surface area contributed by atoms with Crippen molar-refractivity contribution in [3.8, 4) is 0 Å². The SMILES string of the molecule is CC1CC=C(C(=O)C/C(=N/NC(=O)c2sc3cc(F)ccc3c2Cl)C(F)(F)F)S1. The molecule has 1 aliphatic rings. The van der Waals surface area contributed by atoms with E-state index in [-0.39, 0.29) is 20.1 Å². The predicted octanol–water partition coefficient (Wildman–Crippen LogP) is 5.71. The minimum Gasteiger partial charge on any atom is -0.293 e. The molecule has 2 heterocycles. The van der Waals surface area contributed by atoms with Crippen molar-refractivity contribution in [1.29, 1.82) is 0 Å². The molecule has 0 fully saturated rings. The van der Waals surface area contributed by atoms with E-state index < -0.39 is 35.8 Å². The molecule has 0 radical (unpaired) electrons. The van der Waals surface area contributed by atoms with E-state index in [9.17, 15) is 27.2 Å². The lowest BCUT2D eigenvalue weighted by Gasteiger charge is -2.10. The molecule has 1 atom stereocenters. The maximum Gasteiger partial charge on any atom is 0.431 e. The molecule has 154 valence electrons. The average molecular weight is 465 g/mol. The molecule has 11 heteroatoms. The number of carbonyl (C=O) groups is 2. The third kappa shape index (κ3) is 4.99. The number of allylic oxidation sites excluding steroid dienone is 2. The number of ketones is 1. The Balaban J connectivity index is 1.80. The van der Waals surface area contributed by atoms with Gasteiger partial charge in [0, 0.05) is 20.2 Å². The number of hydrogen-bond donors (Lipinski definition) is 1. The van der Waals surface area contributed by atoms with Crippen LogP contribution >= 0.6 is 34.7 Å². The first-order valence-electron chi connectivity index (χ1n) is 8.28. The molecule has 0 saturated heterocycles. The number of halogens is 5. The van der Waals surface area contributed by atoms with E-state index in [1.165, 1.54) is 23.9 Å². The quantitative estimate of drug-likeness (QED) is 0.350. The number of amides is 1. The van der Waals surface area contributed by atoms with Crippen molar-refractivity contribution in [2.45, 2.75) is 31.2 Å². The number of benzene rings is 1. The Morgan fingerprint density at radius 2 is 2.07 bits per heavy atom. The zero-order chi connectivity index (χ0) is 21.3. The average Bonchev–Trinajstić information content (AvgIpc) is 3.20. The van der Waals surface area contributed by atoms with Crippen LogP contribution in [0.15, 0.2) is 34.3 Å². The predicted molar refractivity (Wildman–Crippen MR) is 107 cm³/mol. The third-order valence-corrected chi connectivity index (χ3v) is 6.88. The van der Waals surface area contributed by atoms with Gasteiger partial charge in [0.25, 0.3) is 5.91 Å². The van der Waals surface area contributed by atoms with E-state index in [4.69, 9.17) is 11.6 Å². The van der Waals surface area contributed by atoms with Gasteiger partial charge < -0.3 is 0 Å². The normalized spacial score (nSPS) is 17.5. The molecule has 0 aliphatic carbocycles. The number of nitrogens with one attached hydrogen (secondary N) is 1. The van der Waals surface area contributed by atoms with Crippen LogP contribution in [0.25, 0.3) is 10.1 Å². The lowest BCUT2D eigenvalue weighted by molar-refractivity contribution is -0.115. The summed E-state index contributed by atoms with van der Waals surface area (Å²) in [7, 11) is 0. The van der Waals surface area contributed by atoms with Crippen LogP contribution in [0.3, 0.4) is 0 Å². The zero-order valence-electron chi connectivity index (χ0n) is 14.8. The van der Waals surface area contributed by atoms with Crippen molar-refractivity contribution in [3.05, 3.63) is 44.9 Å². The minimum absolute atomic E-state index is 0.0103. The summed E-state index contributed by atoms with van der Waals surface area (Å²) in [6, 6.07) is 3.70. The molecular formula is C18H13ClF4N2O2S2. The summed E-state index contributed by atoms with van der Waals surface area (Å²) in [5.41, 5.74) is 0.393. The molecule has 3 rings (SSSR count). The summed E-state index contributed by atoms with van der Waals surface area (Å²) in [6.45, 7) is 1.86. The summed E-state index contributed by atoms with van der Waals surface area (Å²) in [5, 5.41) is 3.65. The molecule has 4 nitrogen and oxygen atoms in total. The number of hydrazone groups is 1. The van der Waals surface area contributed by atoms with Crippen molar-refractivity contribution < 1.29 is 27.2 Å². The van der Waals surface area contributed by atoms with Crippen molar-refractivity contribution >= 4 is 62.2 Å². The van der Waals surface area contributed by atoms with E-state index in [2.05, 4.69) is 5.10 Å². The van der Waals surface area contributed by atoms with Gasteiger partial charge in [0.1, 0.15) is 16.4 Å². The Hall–Kier alpha value is -1.91. The highest BCUT2D eigenvalue weighted by atomic mass is 35.5. The Bertz CT molecular complexity index is 1050. The second-order valence-electron chi connectivity index (χ2n) is 6.22. The Kier molecular flexibility index (Phi) is 6.35. The number of carbonyl (C=O) groups excluding carboxylic acids is 2. The van der Waals surface area contributed by atoms with Crippen LogP contribution in [0.1, 0.15) is 29.4 Å². The van der Waals surface area contributed by atoms with Crippen LogP contribution in [0, 0.1) is 5.82 Å². The summed E-state index contributed by atoms with van der Waals surface area (Å²) >= 11 is 8.12. The third-order valence-electron chi connectivity index (χ3n) is 3.98. The molecule has 1 unspecified atom stereocenters. The van der Waals surface area contributed by atoms with Crippen molar-refractivity contribution in [1.82, 2.24) is 5.43 Å².